The first-order valence-electron chi connectivity index (χ1n) is 12.2. The molecule has 4 rings (SSSR count). The van der Waals surface area contributed by atoms with Gasteiger partial charge in [-0.05, 0) is 67.1 Å². The highest BCUT2D eigenvalue weighted by Crippen LogP contribution is 2.28. The molecule has 0 fully saturated rings. The number of hydrogen-bond acceptors (Lipinski definition) is 4. The molecule has 0 spiro atoms. The molecule has 37 heavy (non-hydrogen) atoms. The van der Waals surface area contributed by atoms with Gasteiger partial charge in [0.25, 0.3) is 17.7 Å². The molecule has 7 nitrogen and oxygen atoms in total. The highest BCUT2D eigenvalue weighted by molar-refractivity contribution is 6.09. The van der Waals surface area contributed by atoms with Crippen LogP contribution in [0.5, 0.6) is 5.75 Å². The Balaban J connectivity index is 1.30. The number of carbonyl (C=O) groups is 3. The fourth-order valence-corrected chi connectivity index (χ4v) is 3.92. The summed E-state index contributed by atoms with van der Waals surface area (Å²) in [4.78, 5) is 37.9. The minimum absolute atomic E-state index is 0.216. The van der Waals surface area contributed by atoms with Crippen molar-refractivity contribution in [3.05, 3.63) is 107 Å². The molecule has 7 heteroatoms. The first-order chi connectivity index (χ1) is 18.0. The van der Waals surface area contributed by atoms with E-state index in [1.807, 2.05) is 56.3 Å². The monoisotopic (exact) mass is 495 g/mol. The van der Waals surface area contributed by atoms with Crippen LogP contribution in [-0.4, -0.2) is 37.4 Å². The van der Waals surface area contributed by atoms with Crippen LogP contribution >= 0.6 is 0 Å². The van der Waals surface area contributed by atoms with Crippen molar-refractivity contribution < 1.29 is 19.1 Å². The second kappa shape index (κ2) is 11.9. The molecule has 0 aliphatic carbocycles. The summed E-state index contributed by atoms with van der Waals surface area (Å²) >= 11 is 0. The van der Waals surface area contributed by atoms with E-state index in [1.54, 1.807) is 42.5 Å². The molecule has 0 aliphatic heterocycles. The van der Waals surface area contributed by atoms with Crippen LogP contribution in [0.25, 0.3) is 10.8 Å². The van der Waals surface area contributed by atoms with Crippen LogP contribution in [0.15, 0.2) is 84.9 Å². The molecule has 4 aromatic carbocycles. The fraction of sp³-hybridized carbons (Fsp3) is 0.167. The van der Waals surface area contributed by atoms with Crippen LogP contribution in [0.1, 0.15) is 43.6 Å². The van der Waals surface area contributed by atoms with Crippen LogP contribution in [0.3, 0.4) is 0 Å². The number of amides is 3. The van der Waals surface area contributed by atoms with Gasteiger partial charge in [0.15, 0.2) is 0 Å². The zero-order valence-corrected chi connectivity index (χ0v) is 20.8. The maximum atomic E-state index is 13.0. The summed E-state index contributed by atoms with van der Waals surface area (Å²) < 4.78 is 5.68. The van der Waals surface area contributed by atoms with Gasteiger partial charge in [-0.3, -0.25) is 14.4 Å². The van der Waals surface area contributed by atoms with Crippen molar-refractivity contribution in [1.29, 1.82) is 0 Å². The molecule has 0 bridgehead atoms. The predicted octanol–water partition coefficient (Wildman–Crippen LogP) is 4.96. The Kier molecular flexibility index (Phi) is 8.15. The van der Waals surface area contributed by atoms with E-state index in [1.165, 1.54) is 0 Å². The molecule has 0 atom stereocenters. The lowest BCUT2D eigenvalue weighted by Gasteiger charge is -2.14. The molecule has 0 radical (unpaired) electrons. The summed E-state index contributed by atoms with van der Waals surface area (Å²) in [5.41, 5.74) is 3.16. The van der Waals surface area contributed by atoms with Gasteiger partial charge in [0.2, 0.25) is 0 Å². The first-order valence-corrected chi connectivity index (χ1v) is 12.2. The maximum Gasteiger partial charge on any atom is 0.255 e. The van der Waals surface area contributed by atoms with E-state index in [-0.39, 0.29) is 30.8 Å². The number of nitrogens with one attached hydrogen (secondary N) is 3. The van der Waals surface area contributed by atoms with E-state index in [0.717, 1.165) is 16.3 Å². The third kappa shape index (κ3) is 6.32. The third-order valence-corrected chi connectivity index (χ3v) is 5.83. The SMILES string of the molecule is CCOc1ccc2ccccc2c1C(=O)NCCNC(=O)c1ccc(NC(=O)c2ccc(C)cc2)cc1. The lowest BCUT2D eigenvalue weighted by Crippen LogP contribution is -2.35. The van der Waals surface area contributed by atoms with Gasteiger partial charge in [-0.25, -0.2) is 0 Å². The molecule has 0 saturated heterocycles. The van der Waals surface area contributed by atoms with Gasteiger partial charge < -0.3 is 20.7 Å². The van der Waals surface area contributed by atoms with Gasteiger partial charge in [-0.1, -0.05) is 48.0 Å². The first kappa shape index (κ1) is 25.4. The number of ether oxygens (including phenoxy) is 1. The summed E-state index contributed by atoms with van der Waals surface area (Å²) in [5, 5.41) is 10.2. The predicted molar refractivity (Wildman–Crippen MR) is 145 cm³/mol. The van der Waals surface area contributed by atoms with E-state index >= 15 is 0 Å². The standard InChI is InChI=1S/C30H29N3O4/c1-3-37-26-17-14-21-6-4-5-7-25(21)27(26)30(36)32-19-18-31-28(34)22-12-15-24(16-13-22)33-29(35)23-10-8-20(2)9-11-23/h4-17H,3,18-19H2,1-2H3,(H,31,34)(H,32,36)(H,33,35). The molecule has 0 aromatic heterocycles. The largest absolute Gasteiger partial charge is 0.493 e. The van der Waals surface area contributed by atoms with Crippen molar-refractivity contribution in [1.82, 2.24) is 10.6 Å². The minimum atomic E-state index is -0.272. The summed E-state index contributed by atoms with van der Waals surface area (Å²) in [5.74, 6) is -0.224. The smallest absolute Gasteiger partial charge is 0.255 e. The molecule has 0 unspecified atom stereocenters. The van der Waals surface area contributed by atoms with E-state index in [0.29, 0.717) is 34.7 Å². The lowest BCUT2D eigenvalue weighted by atomic mass is 10.0. The zero-order valence-electron chi connectivity index (χ0n) is 20.8. The van der Waals surface area contributed by atoms with Gasteiger partial charge in [0, 0.05) is 29.9 Å². The molecule has 0 saturated carbocycles. The van der Waals surface area contributed by atoms with Crippen LogP contribution in [0, 0.1) is 6.92 Å². The molecule has 3 N–H and O–H groups in total. The highest BCUT2D eigenvalue weighted by atomic mass is 16.5. The van der Waals surface area contributed by atoms with E-state index in [4.69, 9.17) is 4.74 Å². The highest BCUT2D eigenvalue weighted by Gasteiger charge is 2.16. The van der Waals surface area contributed by atoms with Gasteiger partial charge in [-0.2, -0.15) is 0 Å². The maximum absolute atomic E-state index is 13.0. The summed E-state index contributed by atoms with van der Waals surface area (Å²) in [7, 11) is 0. The fourth-order valence-electron chi connectivity index (χ4n) is 3.92. The Morgan fingerprint density at radius 1 is 0.703 bits per heavy atom. The van der Waals surface area contributed by atoms with Gasteiger partial charge >= 0.3 is 0 Å². The Morgan fingerprint density at radius 3 is 2.03 bits per heavy atom. The Bertz CT molecular complexity index is 1410. The van der Waals surface area contributed by atoms with Crippen LogP contribution in [0.4, 0.5) is 5.69 Å². The number of rotatable bonds is 9. The van der Waals surface area contributed by atoms with Gasteiger partial charge in [-0.15, -0.1) is 0 Å². The minimum Gasteiger partial charge on any atom is -0.493 e. The van der Waals surface area contributed by atoms with E-state index in [9.17, 15) is 14.4 Å². The summed E-state index contributed by atoms with van der Waals surface area (Å²) in [6.07, 6.45) is 0. The lowest BCUT2D eigenvalue weighted by molar-refractivity contribution is 0.0926. The van der Waals surface area contributed by atoms with Crippen LogP contribution in [-0.2, 0) is 0 Å². The van der Waals surface area contributed by atoms with Crippen LogP contribution < -0.4 is 20.7 Å². The quantitative estimate of drug-likeness (QED) is 0.286. The van der Waals surface area contributed by atoms with Crippen molar-refractivity contribution in [2.24, 2.45) is 0 Å². The van der Waals surface area contributed by atoms with Crippen molar-refractivity contribution in [3.63, 3.8) is 0 Å². The summed E-state index contributed by atoms with van der Waals surface area (Å²) in [6, 6.07) is 25.3. The zero-order chi connectivity index (χ0) is 26.2. The Hall–Kier alpha value is -4.65. The number of fused-ring (bicyclic) bond motifs is 1. The molecule has 188 valence electrons. The Morgan fingerprint density at radius 2 is 1.32 bits per heavy atom. The topological polar surface area (TPSA) is 96.5 Å². The average Bonchev–Trinajstić information content (AvgIpc) is 2.91. The molecule has 0 heterocycles. The second-order valence-electron chi connectivity index (χ2n) is 8.50. The van der Waals surface area contributed by atoms with Crippen molar-refractivity contribution in [3.8, 4) is 5.75 Å². The number of anilines is 1. The Labute approximate surface area is 215 Å². The van der Waals surface area contributed by atoms with Crippen molar-refractivity contribution >= 4 is 34.2 Å². The van der Waals surface area contributed by atoms with Crippen molar-refractivity contribution in [2.45, 2.75) is 13.8 Å². The number of carbonyl (C=O) groups excluding carboxylic acids is 3. The third-order valence-electron chi connectivity index (χ3n) is 5.83. The molecular formula is C30H29N3O4. The van der Waals surface area contributed by atoms with E-state index in [2.05, 4.69) is 16.0 Å². The van der Waals surface area contributed by atoms with Crippen molar-refractivity contribution in [2.75, 3.05) is 25.0 Å². The normalized spacial score (nSPS) is 10.5. The molecule has 3 amide bonds. The molecule has 0 aliphatic rings. The summed E-state index contributed by atoms with van der Waals surface area (Å²) in [6.45, 7) is 4.79. The van der Waals surface area contributed by atoms with E-state index < -0.39 is 0 Å². The molecular weight excluding hydrogens is 466 g/mol. The average molecular weight is 496 g/mol. The number of benzene rings is 4. The second-order valence-corrected chi connectivity index (χ2v) is 8.50. The number of hydrogen-bond donors (Lipinski definition) is 3. The number of aryl methyl sites for hydroxylation is 1. The molecule has 4 aromatic rings. The van der Waals surface area contributed by atoms with Gasteiger partial charge in [0.05, 0.1) is 12.2 Å². The van der Waals surface area contributed by atoms with Crippen LogP contribution in [0.2, 0.25) is 0 Å². The van der Waals surface area contributed by atoms with Gasteiger partial charge in [0.1, 0.15) is 5.75 Å².